The average Bonchev–Trinajstić information content (AvgIpc) is 2.34. The summed E-state index contributed by atoms with van der Waals surface area (Å²) in [6.07, 6.45) is 1.05. The minimum absolute atomic E-state index is 0.0468. The molecule has 0 fully saturated rings. The van der Waals surface area contributed by atoms with Gasteiger partial charge in [0.2, 0.25) is 11.8 Å². The van der Waals surface area contributed by atoms with E-state index in [0.29, 0.717) is 19.4 Å². The molecule has 0 heterocycles. The predicted molar refractivity (Wildman–Crippen MR) is 74.2 cm³/mol. The van der Waals surface area contributed by atoms with Gasteiger partial charge in [0.15, 0.2) is 0 Å². The van der Waals surface area contributed by atoms with Crippen LogP contribution >= 0.6 is 15.9 Å². The summed E-state index contributed by atoms with van der Waals surface area (Å²) in [5.74, 6) is -0.269. The lowest BCUT2D eigenvalue weighted by Gasteiger charge is -2.05. The third-order valence-corrected chi connectivity index (χ3v) is 2.84. The zero-order chi connectivity index (χ0) is 13.4. The molecule has 0 unspecified atom stereocenters. The Labute approximate surface area is 115 Å². The quantitative estimate of drug-likeness (QED) is 0.839. The summed E-state index contributed by atoms with van der Waals surface area (Å²) in [5.41, 5.74) is 1.09. The van der Waals surface area contributed by atoms with E-state index in [1.807, 2.05) is 31.2 Å². The highest BCUT2D eigenvalue weighted by Gasteiger charge is 2.05. The fraction of sp³-hybridized carbons (Fsp3) is 0.385. The van der Waals surface area contributed by atoms with Gasteiger partial charge in [-0.1, -0.05) is 28.1 Å². The van der Waals surface area contributed by atoms with Gasteiger partial charge in [-0.3, -0.25) is 9.59 Å². The van der Waals surface area contributed by atoms with Crippen LogP contribution < -0.4 is 10.6 Å². The van der Waals surface area contributed by atoms with Gasteiger partial charge in [-0.2, -0.15) is 0 Å². The lowest BCUT2D eigenvalue weighted by molar-refractivity contribution is -0.126. The summed E-state index contributed by atoms with van der Waals surface area (Å²) < 4.78 is 1.00. The summed E-state index contributed by atoms with van der Waals surface area (Å²) in [4.78, 5) is 22.6. The van der Waals surface area contributed by atoms with Gasteiger partial charge in [-0.25, -0.2) is 0 Å². The summed E-state index contributed by atoms with van der Waals surface area (Å²) in [5, 5.41) is 5.21. The molecule has 2 amide bonds. The number of benzene rings is 1. The zero-order valence-electron chi connectivity index (χ0n) is 10.3. The van der Waals surface area contributed by atoms with Crippen LogP contribution in [0.4, 0.5) is 0 Å². The van der Waals surface area contributed by atoms with Gasteiger partial charge in [-0.15, -0.1) is 0 Å². The third kappa shape index (κ3) is 5.82. The molecule has 0 saturated carbocycles. The molecule has 0 aliphatic heterocycles. The van der Waals surface area contributed by atoms with Crippen molar-refractivity contribution in [2.24, 2.45) is 0 Å². The molecular weight excluding hydrogens is 296 g/mol. The molecule has 1 aromatic carbocycles. The molecule has 18 heavy (non-hydrogen) atoms. The maximum Gasteiger partial charge on any atom is 0.239 e. The number of aryl methyl sites for hydroxylation is 1. The monoisotopic (exact) mass is 312 g/mol. The fourth-order valence-corrected chi connectivity index (χ4v) is 1.92. The highest BCUT2D eigenvalue weighted by Crippen LogP contribution is 2.12. The molecule has 0 radical (unpaired) electrons. The second kappa shape index (κ2) is 7.87. The Morgan fingerprint density at radius 3 is 2.67 bits per heavy atom. The second-order valence-electron chi connectivity index (χ2n) is 3.86. The molecule has 1 rings (SSSR count). The standard InChI is InChI=1S/C13H17BrN2O2/c1-2-15-13(18)9-16-12(17)7-6-10-4-3-5-11(14)8-10/h3-5,8H,2,6-7,9H2,1H3,(H,15,18)(H,16,17). The zero-order valence-corrected chi connectivity index (χ0v) is 11.9. The lowest BCUT2D eigenvalue weighted by atomic mass is 10.1. The van der Waals surface area contributed by atoms with Gasteiger partial charge < -0.3 is 10.6 Å². The maximum atomic E-state index is 11.5. The van der Waals surface area contributed by atoms with Crippen LogP contribution in [0.2, 0.25) is 0 Å². The predicted octanol–water partition coefficient (Wildman–Crippen LogP) is 1.63. The highest BCUT2D eigenvalue weighted by molar-refractivity contribution is 9.10. The second-order valence-corrected chi connectivity index (χ2v) is 4.78. The number of carbonyl (C=O) groups is 2. The van der Waals surface area contributed by atoms with Crippen molar-refractivity contribution >= 4 is 27.7 Å². The molecule has 0 aliphatic carbocycles. The average molecular weight is 313 g/mol. The molecule has 5 heteroatoms. The first kappa shape index (κ1) is 14.7. The van der Waals surface area contributed by atoms with E-state index in [0.717, 1.165) is 10.0 Å². The Balaban J connectivity index is 2.27. The van der Waals surface area contributed by atoms with Crippen molar-refractivity contribution in [3.63, 3.8) is 0 Å². The number of hydrogen-bond donors (Lipinski definition) is 2. The van der Waals surface area contributed by atoms with Crippen molar-refractivity contribution in [3.8, 4) is 0 Å². The number of hydrogen-bond acceptors (Lipinski definition) is 2. The normalized spacial score (nSPS) is 9.89. The first-order valence-electron chi connectivity index (χ1n) is 5.89. The van der Waals surface area contributed by atoms with Crippen molar-refractivity contribution in [2.75, 3.05) is 13.1 Å². The Bertz CT molecular complexity index is 421. The van der Waals surface area contributed by atoms with E-state index in [1.165, 1.54) is 0 Å². The van der Waals surface area contributed by atoms with Gasteiger partial charge in [0.05, 0.1) is 6.54 Å². The van der Waals surface area contributed by atoms with E-state index in [4.69, 9.17) is 0 Å². The highest BCUT2D eigenvalue weighted by atomic mass is 79.9. The van der Waals surface area contributed by atoms with Crippen molar-refractivity contribution in [3.05, 3.63) is 34.3 Å². The minimum atomic E-state index is -0.159. The van der Waals surface area contributed by atoms with E-state index in [2.05, 4.69) is 26.6 Å². The van der Waals surface area contributed by atoms with Crippen molar-refractivity contribution in [2.45, 2.75) is 19.8 Å². The Morgan fingerprint density at radius 2 is 2.00 bits per heavy atom. The first-order valence-corrected chi connectivity index (χ1v) is 6.69. The number of nitrogens with one attached hydrogen (secondary N) is 2. The Hall–Kier alpha value is -1.36. The molecule has 0 aliphatic rings. The topological polar surface area (TPSA) is 58.2 Å². The molecule has 1 aromatic rings. The van der Waals surface area contributed by atoms with Crippen molar-refractivity contribution < 1.29 is 9.59 Å². The van der Waals surface area contributed by atoms with Crippen molar-refractivity contribution in [1.29, 1.82) is 0 Å². The van der Waals surface area contributed by atoms with Gasteiger partial charge in [0, 0.05) is 17.4 Å². The number of likely N-dealkylation sites (N-methyl/N-ethyl adjacent to an activating group) is 1. The minimum Gasteiger partial charge on any atom is -0.355 e. The molecule has 0 bridgehead atoms. The molecule has 98 valence electrons. The van der Waals surface area contributed by atoms with E-state index >= 15 is 0 Å². The SMILES string of the molecule is CCNC(=O)CNC(=O)CCc1cccc(Br)c1. The number of rotatable bonds is 6. The van der Waals surface area contributed by atoms with Crippen LogP contribution in [0.25, 0.3) is 0 Å². The van der Waals surface area contributed by atoms with Gasteiger partial charge in [0.1, 0.15) is 0 Å². The van der Waals surface area contributed by atoms with Crippen LogP contribution in [-0.2, 0) is 16.0 Å². The van der Waals surface area contributed by atoms with Crippen LogP contribution in [0.5, 0.6) is 0 Å². The van der Waals surface area contributed by atoms with Crippen molar-refractivity contribution in [1.82, 2.24) is 10.6 Å². The first-order chi connectivity index (χ1) is 8.61. The Kier molecular flexibility index (Phi) is 6.43. The molecule has 2 N–H and O–H groups in total. The lowest BCUT2D eigenvalue weighted by Crippen LogP contribution is -2.36. The number of halogens is 1. The van der Waals surface area contributed by atoms with E-state index < -0.39 is 0 Å². The largest absolute Gasteiger partial charge is 0.355 e. The number of carbonyl (C=O) groups excluding carboxylic acids is 2. The Morgan fingerprint density at radius 1 is 1.22 bits per heavy atom. The number of amides is 2. The molecule has 0 spiro atoms. The maximum absolute atomic E-state index is 11.5. The van der Waals surface area contributed by atoms with E-state index in [1.54, 1.807) is 0 Å². The molecule has 4 nitrogen and oxygen atoms in total. The van der Waals surface area contributed by atoms with Crippen LogP contribution in [0.15, 0.2) is 28.7 Å². The van der Waals surface area contributed by atoms with Gasteiger partial charge in [0.25, 0.3) is 0 Å². The molecule has 0 saturated heterocycles. The smallest absolute Gasteiger partial charge is 0.239 e. The summed E-state index contributed by atoms with van der Waals surface area (Å²) in [6.45, 7) is 2.46. The summed E-state index contributed by atoms with van der Waals surface area (Å²) in [7, 11) is 0. The molecular formula is C13H17BrN2O2. The summed E-state index contributed by atoms with van der Waals surface area (Å²) >= 11 is 3.38. The van der Waals surface area contributed by atoms with E-state index in [-0.39, 0.29) is 18.4 Å². The molecule has 0 atom stereocenters. The van der Waals surface area contributed by atoms with Crippen LogP contribution in [0.3, 0.4) is 0 Å². The summed E-state index contributed by atoms with van der Waals surface area (Å²) in [6, 6.07) is 7.84. The van der Waals surface area contributed by atoms with Gasteiger partial charge >= 0.3 is 0 Å². The van der Waals surface area contributed by atoms with Crippen LogP contribution in [0, 0.1) is 0 Å². The van der Waals surface area contributed by atoms with E-state index in [9.17, 15) is 9.59 Å². The van der Waals surface area contributed by atoms with Crippen LogP contribution in [-0.4, -0.2) is 24.9 Å². The fourth-order valence-electron chi connectivity index (χ4n) is 1.48. The van der Waals surface area contributed by atoms with Crippen LogP contribution in [0.1, 0.15) is 18.9 Å². The third-order valence-electron chi connectivity index (χ3n) is 2.35. The molecule has 0 aromatic heterocycles. The van der Waals surface area contributed by atoms with Gasteiger partial charge in [-0.05, 0) is 31.0 Å².